The molecule has 0 spiro atoms. The molecule has 0 saturated heterocycles. The van der Waals surface area contributed by atoms with Crippen molar-refractivity contribution < 1.29 is 47.9 Å². The summed E-state index contributed by atoms with van der Waals surface area (Å²) < 4.78 is 21.1. The van der Waals surface area contributed by atoms with Crippen molar-refractivity contribution in [3.63, 3.8) is 0 Å². The van der Waals surface area contributed by atoms with E-state index in [1.807, 2.05) is 0 Å². The van der Waals surface area contributed by atoms with Gasteiger partial charge in [0.2, 0.25) is 10.0 Å². The number of hydrogen-bond donors (Lipinski definition) is 1. The summed E-state index contributed by atoms with van der Waals surface area (Å²) in [5.41, 5.74) is 0. The minimum atomic E-state index is -3.52. The van der Waals surface area contributed by atoms with E-state index in [2.05, 4.69) is 0 Å². The quantitative estimate of drug-likeness (QED) is 0.451. The van der Waals surface area contributed by atoms with Gasteiger partial charge in [-0.2, -0.15) is 0 Å². The number of hydrogen-bond acceptors (Lipinski definition) is 4. The molecule has 1 aliphatic rings. The number of carboxylic acids is 1. The normalized spacial score (nSPS) is 28.4. The number of nitrogens with two attached hydrogens (primary N) is 1. The molecule has 1 saturated carbocycles. The van der Waals surface area contributed by atoms with Crippen LogP contribution in [0, 0.1) is 5.92 Å². The molecule has 12 heavy (non-hydrogen) atoms. The number of sulfonamides is 1. The molecule has 5 nitrogen and oxygen atoms in total. The second-order valence-electron chi connectivity index (χ2n) is 2.70. The predicted molar refractivity (Wildman–Crippen MR) is 34.6 cm³/mol. The maximum atomic E-state index is 10.5. The van der Waals surface area contributed by atoms with Crippen LogP contribution in [0.15, 0.2) is 0 Å². The van der Waals surface area contributed by atoms with Crippen LogP contribution in [0.2, 0.25) is 0 Å². The topological polar surface area (TPSA) is 100 Å². The van der Waals surface area contributed by atoms with E-state index in [0.717, 1.165) is 0 Å². The van der Waals surface area contributed by atoms with E-state index in [9.17, 15) is 18.3 Å². The Kier molecular flexibility index (Phi) is 4.19. The van der Waals surface area contributed by atoms with Crippen LogP contribution in [0.4, 0.5) is 0 Å². The standard InChI is InChI=1S/C5H9NO4S.Na/c6-11(9,10)4-1-3(2-4)5(7)8;/h3-4H,1-2H2,(H,7,8)(H2,6,9,10);/q;+1/p-1/t3-,4+;. The number of carbonyl (C=O) groups is 1. The van der Waals surface area contributed by atoms with Crippen LogP contribution in [0.3, 0.4) is 0 Å². The third kappa shape index (κ3) is 2.70. The summed E-state index contributed by atoms with van der Waals surface area (Å²) in [7, 11) is -3.52. The fourth-order valence-electron chi connectivity index (χ4n) is 1.03. The zero-order chi connectivity index (χ0) is 8.65. The molecule has 0 amide bonds. The van der Waals surface area contributed by atoms with Gasteiger partial charge in [-0.25, -0.2) is 13.6 Å². The van der Waals surface area contributed by atoms with Gasteiger partial charge in [-0.1, -0.05) is 0 Å². The summed E-state index contributed by atoms with van der Waals surface area (Å²) in [5, 5.41) is 14.2. The molecule has 0 atom stereocenters. The molecule has 0 aromatic heterocycles. The fraction of sp³-hybridized carbons (Fsp3) is 0.800. The van der Waals surface area contributed by atoms with E-state index in [1.165, 1.54) is 0 Å². The Hall–Kier alpha value is 0.380. The summed E-state index contributed by atoms with van der Waals surface area (Å²) in [6.45, 7) is 0. The van der Waals surface area contributed by atoms with Crippen molar-refractivity contribution in [2.45, 2.75) is 18.1 Å². The van der Waals surface area contributed by atoms with Crippen molar-refractivity contribution >= 4 is 16.0 Å². The second-order valence-corrected chi connectivity index (χ2v) is 4.54. The third-order valence-electron chi connectivity index (χ3n) is 1.89. The molecule has 7 heteroatoms. The van der Waals surface area contributed by atoms with Gasteiger partial charge in [0, 0.05) is 11.9 Å². The van der Waals surface area contributed by atoms with Crippen molar-refractivity contribution in [1.82, 2.24) is 0 Å². The number of carboxylic acid groups (broad SMARTS) is 1. The predicted octanol–water partition coefficient (Wildman–Crippen LogP) is -5.19. The Bertz CT molecular complexity index is 269. The van der Waals surface area contributed by atoms with Crippen LogP contribution in [-0.4, -0.2) is 19.6 Å². The summed E-state index contributed by atoms with van der Waals surface area (Å²) in [6, 6.07) is 0. The number of aliphatic carboxylic acids is 1. The minimum absolute atomic E-state index is 0. The van der Waals surface area contributed by atoms with Gasteiger partial charge in [0.05, 0.1) is 5.25 Å². The average Bonchev–Trinajstić information content (AvgIpc) is 1.51. The zero-order valence-corrected chi connectivity index (χ0v) is 9.50. The summed E-state index contributed by atoms with van der Waals surface area (Å²) >= 11 is 0. The Balaban J connectivity index is 0.00000121. The maximum absolute atomic E-state index is 10.5. The van der Waals surface area contributed by atoms with E-state index >= 15 is 0 Å². The minimum Gasteiger partial charge on any atom is -0.550 e. The molecule has 0 aromatic carbocycles. The van der Waals surface area contributed by atoms with Gasteiger partial charge in [-0.3, -0.25) is 0 Å². The molecule has 1 fully saturated rings. The van der Waals surface area contributed by atoms with E-state index < -0.39 is 27.2 Å². The van der Waals surface area contributed by atoms with E-state index in [0.29, 0.717) is 0 Å². The van der Waals surface area contributed by atoms with Crippen LogP contribution in [0.1, 0.15) is 12.8 Å². The van der Waals surface area contributed by atoms with Gasteiger partial charge < -0.3 is 9.90 Å². The molecular weight excluding hydrogens is 193 g/mol. The SMILES string of the molecule is NS(=O)(=O)[C@H]1C[C@@H](C(=O)[O-])C1.[Na+]. The molecule has 0 radical (unpaired) electrons. The van der Waals surface area contributed by atoms with Crippen LogP contribution in [-0.2, 0) is 14.8 Å². The summed E-state index contributed by atoms with van der Waals surface area (Å²) in [5.74, 6) is -1.82. The Morgan fingerprint density at radius 3 is 2.08 bits per heavy atom. The number of carbonyl (C=O) groups excluding carboxylic acids is 1. The number of rotatable bonds is 2. The largest absolute Gasteiger partial charge is 1.00 e. The molecule has 1 aliphatic carbocycles. The average molecular weight is 201 g/mol. The summed E-state index contributed by atoms with van der Waals surface area (Å²) in [4.78, 5) is 10.1. The van der Waals surface area contributed by atoms with E-state index in [1.54, 1.807) is 0 Å². The molecule has 64 valence electrons. The van der Waals surface area contributed by atoms with E-state index in [4.69, 9.17) is 5.14 Å². The summed E-state index contributed by atoms with van der Waals surface area (Å²) in [6.07, 6.45) is 0.197. The van der Waals surface area contributed by atoms with Gasteiger partial charge in [-0.15, -0.1) is 0 Å². The van der Waals surface area contributed by atoms with Crippen molar-refractivity contribution in [3.8, 4) is 0 Å². The Morgan fingerprint density at radius 1 is 1.42 bits per heavy atom. The molecule has 0 bridgehead atoms. The monoisotopic (exact) mass is 201 g/mol. The molecule has 2 N–H and O–H groups in total. The molecule has 0 unspecified atom stereocenters. The first-order valence-corrected chi connectivity index (χ1v) is 4.74. The molecule has 1 rings (SSSR count). The maximum Gasteiger partial charge on any atom is 1.00 e. The van der Waals surface area contributed by atoms with Gasteiger partial charge in [0.15, 0.2) is 0 Å². The molecular formula is C5H8NNaO4S. The number of primary sulfonamides is 1. The fourth-order valence-corrected chi connectivity index (χ4v) is 2.03. The van der Waals surface area contributed by atoms with Gasteiger partial charge in [0.1, 0.15) is 0 Å². The first kappa shape index (κ1) is 12.4. The van der Waals surface area contributed by atoms with Gasteiger partial charge in [0.25, 0.3) is 0 Å². The third-order valence-corrected chi connectivity index (χ3v) is 3.21. The van der Waals surface area contributed by atoms with Crippen molar-refractivity contribution in [3.05, 3.63) is 0 Å². The van der Waals surface area contributed by atoms with Gasteiger partial charge >= 0.3 is 29.6 Å². The first-order chi connectivity index (χ1) is 4.91. The Labute approximate surface area is 92.7 Å². The van der Waals surface area contributed by atoms with Crippen molar-refractivity contribution in [1.29, 1.82) is 0 Å². The molecule has 0 heterocycles. The van der Waals surface area contributed by atoms with Crippen LogP contribution in [0.5, 0.6) is 0 Å². The smallest absolute Gasteiger partial charge is 0.550 e. The first-order valence-electron chi connectivity index (χ1n) is 3.13. The van der Waals surface area contributed by atoms with Crippen LogP contribution < -0.4 is 39.8 Å². The van der Waals surface area contributed by atoms with Gasteiger partial charge in [-0.05, 0) is 12.8 Å². The van der Waals surface area contributed by atoms with E-state index in [-0.39, 0.29) is 42.4 Å². The second kappa shape index (κ2) is 4.06. The molecule has 0 aromatic rings. The Morgan fingerprint density at radius 2 is 1.83 bits per heavy atom. The zero-order valence-electron chi connectivity index (χ0n) is 6.69. The molecule has 0 aliphatic heterocycles. The van der Waals surface area contributed by atoms with Crippen LogP contribution >= 0.6 is 0 Å². The van der Waals surface area contributed by atoms with Crippen LogP contribution in [0.25, 0.3) is 0 Å². The van der Waals surface area contributed by atoms with Crippen molar-refractivity contribution in [2.75, 3.05) is 0 Å². The van der Waals surface area contributed by atoms with Crippen molar-refractivity contribution in [2.24, 2.45) is 11.1 Å².